The molecule has 0 N–H and O–H groups in total. The Labute approximate surface area is 91.3 Å². The number of rotatable bonds is 0. The van der Waals surface area contributed by atoms with E-state index in [1.54, 1.807) is 0 Å². The molecule has 0 aliphatic rings. The van der Waals surface area contributed by atoms with Gasteiger partial charge in [-0.1, -0.05) is 51.1 Å². The first kappa shape index (κ1) is 11.2. The Morgan fingerprint density at radius 1 is 0.909 bits per heavy atom. The predicted octanol–water partition coefficient (Wildman–Crippen LogP) is 2.60. The van der Waals surface area contributed by atoms with Gasteiger partial charge in [-0.2, -0.15) is 0 Å². The summed E-state index contributed by atoms with van der Waals surface area (Å²) in [5.74, 6) is 0. The van der Waals surface area contributed by atoms with Gasteiger partial charge in [0.1, 0.15) is 0 Å². The van der Waals surface area contributed by atoms with Crippen LogP contribution in [0.1, 0.15) is 26.3 Å². The van der Waals surface area contributed by atoms with E-state index in [0.29, 0.717) is 5.41 Å². The van der Waals surface area contributed by atoms with Gasteiger partial charge in [0.15, 0.2) is 0 Å². The van der Waals surface area contributed by atoms with Crippen LogP contribution in [0.15, 0.2) is 30.3 Å². The van der Waals surface area contributed by atoms with Crippen molar-refractivity contribution in [1.82, 2.24) is 0 Å². The largest absolute Gasteiger partial charge is 0.0622 e. The minimum Gasteiger partial charge on any atom is -0.0622 e. The van der Waals surface area contributed by atoms with E-state index in [0.717, 1.165) is 0 Å². The second-order valence-electron chi connectivity index (χ2n) is 3.62. The third-order valence-corrected chi connectivity index (χ3v) is 1.64. The van der Waals surface area contributed by atoms with E-state index in [9.17, 15) is 0 Å². The Morgan fingerprint density at radius 2 is 1.36 bits per heavy atom. The van der Waals surface area contributed by atoms with Gasteiger partial charge in [0.2, 0.25) is 0 Å². The monoisotopic (exact) mass is 157 g/mol. The van der Waals surface area contributed by atoms with Gasteiger partial charge in [-0.3, -0.25) is 0 Å². The molecular formula is C10H14Na. The second kappa shape index (κ2) is 4.30. The molecule has 0 unspecified atom stereocenters. The summed E-state index contributed by atoms with van der Waals surface area (Å²) in [6.07, 6.45) is 0. The molecule has 11 heavy (non-hydrogen) atoms. The molecule has 0 nitrogen and oxygen atoms in total. The van der Waals surface area contributed by atoms with Crippen LogP contribution in [0.3, 0.4) is 0 Å². The summed E-state index contributed by atoms with van der Waals surface area (Å²) in [5, 5.41) is 0. The summed E-state index contributed by atoms with van der Waals surface area (Å²) in [6, 6.07) is 10.6. The van der Waals surface area contributed by atoms with Gasteiger partial charge >= 0.3 is 0 Å². The van der Waals surface area contributed by atoms with Crippen LogP contribution in [0.2, 0.25) is 0 Å². The zero-order valence-electron chi connectivity index (χ0n) is 7.89. The molecule has 1 radical (unpaired) electrons. The molecule has 0 saturated heterocycles. The van der Waals surface area contributed by atoms with Gasteiger partial charge in [0.05, 0.1) is 0 Å². The minimum atomic E-state index is 0. The average Bonchev–Trinajstić information content (AvgIpc) is 1.88. The van der Waals surface area contributed by atoms with Gasteiger partial charge in [0.25, 0.3) is 0 Å². The number of hydrogen-bond donors (Lipinski definition) is 0. The van der Waals surface area contributed by atoms with Crippen LogP contribution in [0.5, 0.6) is 0 Å². The van der Waals surface area contributed by atoms with Crippen molar-refractivity contribution in [2.45, 2.75) is 26.2 Å². The zero-order chi connectivity index (χ0) is 7.61. The third kappa shape index (κ3) is 3.42. The topological polar surface area (TPSA) is 0 Å². The normalized spacial score (nSPS) is 10.5. The Bertz CT molecular complexity index is 196. The molecule has 0 amide bonds. The maximum atomic E-state index is 2.22. The van der Waals surface area contributed by atoms with Gasteiger partial charge in [-0.25, -0.2) is 0 Å². The third-order valence-electron chi connectivity index (χ3n) is 1.64. The fraction of sp³-hybridized carbons (Fsp3) is 0.400. The fourth-order valence-electron chi connectivity index (χ4n) is 0.938. The van der Waals surface area contributed by atoms with Gasteiger partial charge in [-0.05, 0) is 11.0 Å². The van der Waals surface area contributed by atoms with E-state index in [2.05, 4.69) is 51.1 Å². The first-order chi connectivity index (χ1) is 4.61. The van der Waals surface area contributed by atoms with Crippen LogP contribution in [-0.4, -0.2) is 29.6 Å². The van der Waals surface area contributed by atoms with Crippen molar-refractivity contribution in [3.63, 3.8) is 0 Å². The fourth-order valence-corrected chi connectivity index (χ4v) is 0.938. The minimum absolute atomic E-state index is 0. The SMILES string of the molecule is CC(C)(C)c1ccccc1.[Na]. The van der Waals surface area contributed by atoms with E-state index < -0.39 is 0 Å². The van der Waals surface area contributed by atoms with E-state index in [1.165, 1.54) is 5.56 Å². The molecule has 1 aromatic rings. The predicted molar refractivity (Wildman–Crippen MR) is 50.9 cm³/mol. The van der Waals surface area contributed by atoms with Crippen molar-refractivity contribution in [2.75, 3.05) is 0 Å². The quantitative estimate of drug-likeness (QED) is 0.508. The van der Waals surface area contributed by atoms with E-state index in [4.69, 9.17) is 0 Å². The van der Waals surface area contributed by atoms with Crippen molar-refractivity contribution in [1.29, 1.82) is 0 Å². The van der Waals surface area contributed by atoms with E-state index >= 15 is 0 Å². The molecule has 1 heteroatoms. The Hall–Kier alpha value is 0.220. The summed E-state index contributed by atoms with van der Waals surface area (Å²) in [7, 11) is 0. The molecule has 1 aromatic carbocycles. The van der Waals surface area contributed by atoms with Crippen molar-refractivity contribution < 1.29 is 0 Å². The maximum absolute atomic E-state index is 2.22. The molecule has 0 saturated carbocycles. The molecule has 0 bridgehead atoms. The Kier molecular flexibility index (Phi) is 4.38. The summed E-state index contributed by atoms with van der Waals surface area (Å²) in [6.45, 7) is 6.67. The van der Waals surface area contributed by atoms with Crippen molar-refractivity contribution in [3.8, 4) is 0 Å². The molecular weight excluding hydrogens is 143 g/mol. The molecule has 0 heterocycles. The van der Waals surface area contributed by atoms with E-state index in [-0.39, 0.29) is 29.6 Å². The second-order valence-corrected chi connectivity index (χ2v) is 3.62. The van der Waals surface area contributed by atoms with Crippen LogP contribution >= 0.6 is 0 Å². The average molecular weight is 157 g/mol. The molecule has 0 atom stereocenters. The molecule has 0 fully saturated rings. The van der Waals surface area contributed by atoms with Crippen LogP contribution < -0.4 is 0 Å². The van der Waals surface area contributed by atoms with E-state index in [1.807, 2.05) is 0 Å². The van der Waals surface area contributed by atoms with Crippen LogP contribution in [0, 0.1) is 0 Å². The number of hydrogen-bond acceptors (Lipinski definition) is 0. The van der Waals surface area contributed by atoms with Crippen LogP contribution in [-0.2, 0) is 5.41 Å². The van der Waals surface area contributed by atoms with Crippen molar-refractivity contribution >= 4 is 29.6 Å². The van der Waals surface area contributed by atoms with Gasteiger partial charge in [-0.15, -0.1) is 0 Å². The summed E-state index contributed by atoms with van der Waals surface area (Å²) < 4.78 is 0. The maximum Gasteiger partial charge on any atom is 0 e. The Balaban J connectivity index is 0.000001000. The first-order valence-electron chi connectivity index (χ1n) is 3.66. The molecule has 1 rings (SSSR count). The standard InChI is InChI=1S/C10H14.Na/c1-10(2,3)9-7-5-4-6-8-9;/h4-8H,1-3H3;. The first-order valence-corrected chi connectivity index (χ1v) is 3.66. The molecule has 0 aliphatic heterocycles. The summed E-state index contributed by atoms with van der Waals surface area (Å²) in [4.78, 5) is 0. The molecule has 55 valence electrons. The van der Waals surface area contributed by atoms with Crippen LogP contribution in [0.4, 0.5) is 0 Å². The zero-order valence-corrected chi connectivity index (χ0v) is 9.89. The van der Waals surface area contributed by atoms with Crippen LogP contribution in [0.25, 0.3) is 0 Å². The smallest absolute Gasteiger partial charge is 0 e. The van der Waals surface area contributed by atoms with Gasteiger partial charge in [0, 0.05) is 29.6 Å². The summed E-state index contributed by atoms with van der Waals surface area (Å²) >= 11 is 0. The molecule has 0 aromatic heterocycles. The number of benzene rings is 1. The van der Waals surface area contributed by atoms with Crippen molar-refractivity contribution in [3.05, 3.63) is 35.9 Å². The Morgan fingerprint density at radius 3 is 1.64 bits per heavy atom. The summed E-state index contributed by atoms with van der Waals surface area (Å²) in [5.41, 5.74) is 1.69. The van der Waals surface area contributed by atoms with Gasteiger partial charge < -0.3 is 0 Å². The molecule has 0 spiro atoms. The van der Waals surface area contributed by atoms with Crippen molar-refractivity contribution in [2.24, 2.45) is 0 Å². The molecule has 0 aliphatic carbocycles.